The van der Waals surface area contributed by atoms with Crippen LogP contribution in [0.2, 0.25) is 0 Å². The van der Waals surface area contributed by atoms with Crippen LogP contribution < -0.4 is 0 Å². The van der Waals surface area contributed by atoms with E-state index >= 15 is 0 Å². The van der Waals surface area contributed by atoms with Crippen molar-refractivity contribution < 1.29 is 82.4 Å². The molecule has 4 N–H and O–H groups in total. The van der Waals surface area contributed by atoms with Gasteiger partial charge in [0, 0.05) is 0 Å². The van der Waals surface area contributed by atoms with E-state index < -0.39 is 121 Å². The number of rotatable bonds is 10. The number of ether oxygens (including phenoxy) is 7. The Morgan fingerprint density at radius 1 is 0.455 bits per heavy atom. The molecule has 0 aromatic rings. The summed E-state index contributed by atoms with van der Waals surface area (Å²) in [5, 5.41) is 36.1. The first kappa shape index (κ1) is 50.9. The third-order valence-corrected chi connectivity index (χ3v) is 7.43. The van der Waals surface area contributed by atoms with Crippen LogP contribution in [0, 0.1) is 60.2 Å². The van der Waals surface area contributed by atoms with E-state index in [-0.39, 0.29) is 11.8 Å². The SMILES string of the molecule is C#C[C@@H]1O[C@@H](O)[C@@H](O)[C@H](O)[C@@H]1O.C#C[C@@H]1O[C@@H](OC(=O)C(C)C)[C@@H](OC(=O)C(C)C)[C@H](OC(=O)C(C)C)[C@@H]1OC(=O)C(C)C.CC(C)C(=O)OC(=O)C(C)C. The molecule has 17 nitrogen and oxygen atoms in total. The third-order valence-electron chi connectivity index (χ3n) is 7.43. The lowest BCUT2D eigenvalue weighted by Crippen LogP contribution is -2.62. The van der Waals surface area contributed by atoms with E-state index in [0.29, 0.717) is 0 Å². The predicted molar refractivity (Wildman–Crippen MR) is 191 cm³/mol. The Morgan fingerprint density at radius 2 is 0.800 bits per heavy atom. The van der Waals surface area contributed by atoms with Gasteiger partial charge in [-0.2, -0.15) is 0 Å². The maximum atomic E-state index is 12.5. The van der Waals surface area contributed by atoms with Crippen LogP contribution in [-0.2, 0) is 61.9 Å². The Bertz CT molecular complexity index is 1350. The Morgan fingerprint density at radius 3 is 1.16 bits per heavy atom. The number of hydrogen-bond donors (Lipinski definition) is 4. The van der Waals surface area contributed by atoms with Gasteiger partial charge in [0.05, 0.1) is 35.5 Å². The maximum Gasteiger partial charge on any atom is 0.316 e. The predicted octanol–water partition coefficient (Wildman–Crippen LogP) is 1.03. The standard InChI is InChI=1S/C23H34O9.C8H14O3.C7H10O5/c1-10-15-16(29-19(24)11(2)3)17(30-20(25)12(4)5)18(31-21(26)13(6)7)23(28-15)32-22(27)14(8)9;1-5(2)7(9)11-8(10)6(3)4;1-2-3-4(8)5(9)6(10)7(11)12-3/h1,11-18,23H,2-9H3;5-6H,1-4H3;1,3-11H/t15-,16+,17+,18-,23-;;3-,4+,5+,6-,7+/m0.0/s1. The summed E-state index contributed by atoms with van der Waals surface area (Å²) in [7, 11) is 0. The molecule has 312 valence electrons. The van der Waals surface area contributed by atoms with Gasteiger partial charge in [-0.05, 0) is 0 Å². The highest BCUT2D eigenvalue weighted by atomic mass is 16.7. The van der Waals surface area contributed by atoms with E-state index in [0.717, 1.165) is 0 Å². The van der Waals surface area contributed by atoms with Gasteiger partial charge in [-0.15, -0.1) is 12.8 Å². The molecule has 0 saturated carbocycles. The average molecular weight is 787 g/mol. The van der Waals surface area contributed by atoms with E-state index in [1.165, 1.54) is 0 Å². The van der Waals surface area contributed by atoms with Gasteiger partial charge in [-0.1, -0.05) is 94.9 Å². The van der Waals surface area contributed by atoms with Crippen LogP contribution in [0.15, 0.2) is 0 Å². The van der Waals surface area contributed by atoms with Crippen molar-refractivity contribution in [3.05, 3.63) is 0 Å². The molecule has 0 bridgehead atoms. The van der Waals surface area contributed by atoms with Crippen LogP contribution in [0.1, 0.15) is 83.1 Å². The van der Waals surface area contributed by atoms with Gasteiger partial charge in [0.25, 0.3) is 0 Å². The molecule has 2 saturated heterocycles. The fraction of sp³-hybridized carbons (Fsp3) is 0.737. The minimum absolute atomic E-state index is 0.238. The van der Waals surface area contributed by atoms with Crippen LogP contribution in [0.25, 0.3) is 0 Å². The largest absolute Gasteiger partial charge is 0.454 e. The number of carbonyl (C=O) groups excluding carboxylic acids is 6. The van der Waals surface area contributed by atoms with Gasteiger partial charge in [0.2, 0.25) is 12.4 Å². The lowest BCUT2D eigenvalue weighted by atomic mass is 9.97. The summed E-state index contributed by atoms with van der Waals surface area (Å²) in [6, 6.07) is 0. The second kappa shape index (κ2) is 23.7. The van der Waals surface area contributed by atoms with Crippen LogP contribution in [0.5, 0.6) is 0 Å². The second-order valence-electron chi connectivity index (χ2n) is 14.5. The van der Waals surface area contributed by atoms with Crippen LogP contribution in [-0.4, -0.2) is 118 Å². The molecule has 2 aliphatic heterocycles. The topological polar surface area (TPSA) is 248 Å². The number of terminal acetylenes is 2. The highest BCUT2D eigenvalue weighted by Gasteiger charge is 2.54. The zero-order valence-corrected chi connectivity index (χ0v) is 33.5. The lowest BCUT2D eigenvalue weighted by molar-refractivity contribution is -0.290. The minimum Gasteiger partial charge on any atom is -0.454 e. The van der Waals surface area contributed by atoms with Gasteiger partial charge in [0.1, 0.15) is 24.4 Å². The molecule has 2 heterocycles. The number of hydrogen-bond acceptors (Lipinski definition) is 17. The van der Waals surface area contributed by atoms with E-state index in [1.807, 2.05) is 5.92 Å². The molecular formula is C38H58O17. The summed E-state index contributed by atoms with van der Waals surface area (Å²) in [5.41, 5.74) is 0. The Labute approximate surface area is 322 Å². The smallest absolute Gasteiger partial charge is 0.316 e. The van der Waals surface area contributed by atoms with E-state index in [2.05, 4.69) is 15.4 Å². The molecule has 2 rings (SSSR count). The Hall–Kier alpha value is -4.10. The van der Waals surface area contributed by atoms with Gasteiger partial charge >= 0.3 is 35.8 Å². The van der Waals surface area contributed by atoms with Crippen LogP contribution >= 0.6 is 0 Å². The molecule has 0 radical (unpaired) electrons. The highest BCUT2D eigenvalue weighted by molar-refractivity contribution is 5.87. The first-order valence-corrected chi connectivity index (χ1v) is 17.8. The number of carbonyl (C=O) groups is 6. The molecule has 0 aliphatic carbocycles. The van der Waals surface area contributed by atoms with Crippen molar-refractivity contribution in [2.75, 3.05) is 0 Å². The number of aliphatic hydroxyl groups is 4. The van der Waals surface area contributed by atoms with Gasteiger partial charge in [-0.25, -0.2) is 0 Å². The molecule has 0 aromatic heterocycles. The van der Waals surface area contributed by atoms with Crippen molar-refractivity contribution in [2.45, 2.75) is 144 Å². The van der Waals surface area contributed by atoms with Crippen LogP contribution in [0.4, 0.5) is 0 Å². The van der Waals surface area contributed by atoms with Crippen molar-refractivity contribution in [1.82, 2.24) is 0 Å². The van der Waals surface area contributed by atoms with Gasteiger partial charge in [-0.3, -0.25) is 28.8 Å². The quantitative estimate of drug-likeness (QED) is 0.105. The first-order valence-electron chi connectivity index (χ1n) is 17.8. The molecule has 0 aromatic carbocycles. The summed E-state index contributed by atoms with van der Waals surface area (Å²) in [6.07, 6.45) is -3.21. The van der Waals surface area contributed by atoms with Crippen molar-refractivity contribution in [2.24, 2.45) is 35.5 Å². The molecule has 0 spiro atoms. The fourth-order valence-electron chi connectivity index (χ4n) is 3.82. The Balaban J connectivity index is 0.00000102. The normalized spacial score (nSPS) is 27.4. The molecule has 0 unspecified atom stereocenters. The molecule has 0 amide bonds. The van der Waals surface area contributed by atoms with E-state index in [1.54, 1.807) is 83.1 Å². The van der Waals surface area contributed by atoms with Crippen molar-refractivity contribution >= 4 is 35.8 Å². The Kier molecular flexibility index (Phi) is 22.0. The molecule has 10 atom stereocenters. The third kappa shape index (κ3) is 16.3. The molecule has 2 aliphatic rings. The summed E-state index contributed by atoms with van der Waals surface area (Å²) in [5.74, 6) is -1.67. The monoisotopic (exact) mass is 786 g/mol. The fourth-order valence-corrected chi connectivity index (χ4v) is 3.82. The van der Waals surface area contributed by atoms with E-state index in [9.17, 15) is 28.8 Å². The van der Waals surface area contributed by atoms with Crippen molar-refractivity contribution in [1.29, 1.82) is 0 Å². The minimum atomic E-state index is -1.55. The first-order chi connectivity index (χ1) is 25.3. The van der Waals surface area contributed by atoms with E-state index in [4.69, 9.17) is 57.0 Å². The summed E-state index contributed by atoms with van der Waals surface area (Å²) >= 11 is 0. The average Bonchev–Trinajstić information content (AvgIpc) is 3.10. The second-order valence-corrected chi connectivity index (χ2v) is 14.5. The number of aliphatic hydroxyl groups excluding tert-OH is 4. The lowest BCUT2D eigenvalue weighted by Gasteiger charge is -2.43. The number of esters is 6. The van der Waals surface area contributed by atoms with Gasteiger partial charge < -0.3 is 53.6 Å². The summed E-state index contributed by atoms with van der Waals surface area (Å²) < 4.78 is 36.8. The summed E-state index contributed by atoms with van der Waals surface area (Å²) in [6.45, 7) is 19.7. The van der Waals surface area contributed by atoms with Crippen molar-refractivity contribution in [3.63, 3.8) is 0 Å². The zero-order valence-electron chi connectivity index (χ0n) is 33.5. The molecule has 17 heteroatoms. The summed E-state index contributed by atoms with van der Waals surface area (Å²) in [4.78, 5) is 71.1. The van der Waals surface area contributed by atoms with Crippen LogP contribution in [0.3, 0.4) is 0 Å². The van der Waals surface area contributed by atoms with Crippen molar-refractivity contribution in [3.8, 4) is 24.7 Å². The molecular weight excluding hydrogens is 728 g/mol. The maximum absolute atomic E-state index is 12.5. The zero-order chi connectivity index (χ0) is 43.1. The molecule has 55 heavy (non-hydrogen) atoms. The van der Waals surface area contributed by atoms with Gasteiger partial charge in [0.15, 0.2) is 24.6 Å². The highest BCUT2D eigenvalue weighted by Crippen LogP contribution is 2.31. The molecule has 2 fully saturated rings.